The van der Waals surface area contributed by atoms with Crippen LogP contribution in [0, 0.1) is 0 Å². The Morgan fingerprint density at radius 2 is 1.93 bits per heavy atom. The van der Waals surface area contributed by atoms with Gasteiger partial charge < -0.3 is 14.7 Å². The van der Waals surface area contributed by atoms with Crippen LogP contribution in [0.25, 0.3) is 0 Å². The van der Waals surface area contributed by atoms with Gasteiger partial charge in [-0.15, -0.1) is 0 Å². The molecule has 5 nitrogen and oxygen atoms in total. The Bertz CT molecular complexity index is 841. The molecule has 2 aromatic carbocycles. The third kappa shape index (κ3) is 4.55. The van der Waals surface area contributed by atoms with Gasteiger partial charge in [-0.3, -0.25) is 9.79 Å². The molecule has 1 aliphatic rings. The summed E-state index contributed by atoms with van der Waals surface area (Å²) in [5.74, 6) is -0.0909. The van der Waals surface area contributed by atoms with Gasteiger partial charge in [-0.1, -0.05) is 44.2 Å². The Kier molecular flexibility index (Phi) is 6.24. The third-order valence-corrected chi connectivity index (χ3v) is 4.89. The van der Waals surface area contributed by atoms with Crippen molar-refractivity contribution in [1.29, 1.82) is 0 Å². The molecule has 0 aliphatic carbocycles. The minimum absolute atomic E-state index is 0.0122. The quantitative estimate of drug-likeness (QED) is 0.816. The lowest BCUT2D eigenvalue weighted by Gasteiger charge is -2.17. The first kappa shape index (κ1) is 19.1. The third-order valence-electron chi connectivity index (χ3n) is 4.89. The van der Waals surface area contributed by atoms with E-state index in [1.807, 2.05) is 30.3 Å². The fourth-order valence-electron chi connectivity index (χ4n) is 3.36. The van der Waals surface area contributed by atoms with E-state index in [-0.39, 0.29) is 6.42 Å². The number of likely N-dealkylation sites (N-methyl/N-ethyl adjacent to an activating group) is 1. The zero-order valence-corrected chi connectivity index (χ0v) is 15.9. The van der Waals surface area contributed by atoms with Crippen LogP contribution in [-0.4, -0.2) is 47.9 Å². The van der Waals surface area contributed by atoms with Crippen LogP contribution in [0.3, 0.4) is 0 Å². The molecule has 0 saturated heterocycles. The molecule has 0 amide bonds. The highest BCUT2D eigenvalue weighted by atomic mass is 16.5. The number of carboxylic acid groups (broad SMARTS) is 1. The van der Waals surface area contributed by atoms with E-state index >= 15 is 0 Å². The predicted molar refractivity (Wildman–Crippen MR) is 107 cm³/mol. The average Bonchev–Trinajstić information content (AvgIpc) is 2.82. The van der Waals surface area contributed by atoms with E-state index < -0.39 is 5.97 Å². The number of aliphatic carboxylic acids is 1. The average molecular weight is 366 g/mol. The highest BCUT2D eigenvalue weighted by molar-refractivity contribution is 6.15. The fourth-order valence-corrected chi connectivity index (χ4v) is 3.36. The van der Waals surface area contributed by atoms with Gasteiger partial charge in [0.2, 0.25) is 0 Å². The summed E-state index contributed by atoms with van der Waals surface area (Å²) in [7, 11) is 0. The highest BCUT2D eigenvalue weighted by Crippen LogP contribution is 2.30. The molecule has 3 rings (SSSR count). The zero-order chi connectivity index (χ0) is 19.2. The first-order valence-corrected chi connectivity index (χ1v) is 9.45. The summed E-state index contributed by atoms with van der Waals surface area (Å²) < 4.78 is 6.00. The Morgan fingerprint density at radius 3 is 2.67 bits per heavy atom. The number of aliphatic imine (C=N–C) groups is 1. The van der Waals surface area contributed by atoms with E-state index in [9.17, 15) is 4.79 Å². The van der Waals surface area contributed by atoms with Crippen molar-refractivity contribution < 1.29 is 14.6 Å². The van der Waals surface area contributed by atoms with Gasteiger partial charge >= 0.3 is 5.97 Å². The van der Waals surface area contributed by atoms with Gasteiger partial charge in [0.1, 0.15) is 12.4 Å². The van der Waals surface area contributed by atoms with E-state index in [0.717, 1.165) is 53.3 Å². The maximum Gasteiger partial charge on any atom is 0.307 e. The predicted octanol–water partition coefficient (Wildman–Crippen LogP) is 3.39. The molecule has 1 aliphatic heterocycles. The number of carboxylic acids is 1. The lowest BCUT2D eigenvalue weighted by atomic mass is 9.96. The van der Waals surface area contributed by atoms with Gasteiger partial charge in [0.05, 0.1) is 18.7 Å². The zero-order valence-electron chi connectivity index (χ0n) is 15.9. The molecule has 0 atom stereocenters. The van der Waals surface area contributed by atoms with Crippen molar-refractivity contribution in [3.05, 3.63) is 64.7 Å². The van der Waals surface area contributed by atoms with Crippen molar-refractivity contribution in [2.24, 2.45) is 4.99 Å². The second-order valence-electron chi connectivity index (χ2n) is 6.60. The summed E-state index contributed by atoms with van der Waals surface area (Å²) >= 11 is 0. The molecule has 2 aromatic rings. The molecule has 142 valence electrons. The molecule has 0 aromatic heterocycles. The summed E-state index contributed by atoms with van der Waals surface area (Å²) in [6.45, 7) is 8.37. The van der Waals surface area contributed by atoms with Crippen molar-refractivity contribution >= 4 is 11.7 Å². The molecule has 5 heteroatoms. The van der Waals surface area contributed by atoms with Crippen LogP contribution in [-0.2, 0) is 17.8 Å². The SMILES string of the molecule is CCN(CC)CC/N=C1\c2ccccc2COc2ccc(CC(=O)O)cc21. The highest BCUT2D eigenvalue weighted by Gasteiger charge is 2.21. The van der Waals surface area contributed by atoms with Gasteiger partial charge in [0.25, 0.3) is 0 Å². The molecule has 27 heavy (non-hydrogen) atoms. The molecule has 0 bridgehead atoms. The van der Waals surface area contributed by atoms with Crippen LogP contribution in [0.5, 0.6) is 5.75 Å². The van der Waals surface area contributed by atoms with Crippen molar-refractivity contribution in [1.82, 2.24) is 4.90 Å². The van der Waals surface area contributed by atoms with Crippen LogP contribution < -0.4 is 4.74 Å². The largest absolute Gasteiger partial charge is 0.488 e. The van der Waals surface area contributed by atoms with E-state index in [1.54, 1.807) is 0 Å². The maximum absolute atomic E-state index is 11.1. The molecular weight excluding hydrogens is 340 g/mol. The Hall–Kier alpha value is -2.66. The molecule has 1 heterocycles. The summed E-state index contributed by atoms with van der Waals surface area (Å²) in [5.41, 5.74) is 4.66. The molecular formula is C22H26N2O3. The standard InChI is InChI=1S/C22H26N2O3/c1-3-24(4-2)12-11-23-22-18-8-6-5-7-17(18)15-27-20-10-9-16(13-19(20)22)14-21(25)26/h5-10,13H,3-4,11-12,14-15H2,1-2H3,(H,25,26)/b23-22+. The van der Waals surface area contributed by atoms with Gasteiger partial charge in [-0.2, -0.15) is 0 Å². The molecule has 0 fully saturated rings. The van der Waals surface area contributed by atoms with E-state index in [4.69, 9.17) is 14.8 Å². The Morgan fingerprint density at radius 1 is 1.15 bits per heavy atom. The lowest BCUT2D eigenvalue weighted by molar-refractivity contribution is -0.136. The van der Waals surface area contributed by atoms with Gasteiger partial charge in [0.15, 0.2) is 0 Å². The number of hydrogen-bond acceptors (Lipinski definition) is 4. The second kappa shape index (κ2) is 8.82. The molecule has 0 unspecified atom stereocenters. The number of nitrogens with zero attached hydrogens (tertiary/aromatic N) is 2. The van der Waals surface area contributed by atoms with Gasteiger partial charge in [-0.25, -0.2) is 0 Å². The summed E-state index contributed by atoms with van der Waals surface area (Å²) in [6, 6.07) is 13.7. The number of ether oxygens (including phenoxy) is 1. The lowest BCUT2D eigenvalue weighted by Crippen LogP contribution is -2.26. The number of benzene rings is 2. The first-order valence-electron chi connectivity index (χ1n) is 9.45. The number of rotatable bonds is 7. The van der Waals surface area contributed by atoms with Crippen LogP contribution in [0.2, 0.25) is 0 Å². The van der Waals surface area contributed by atoms with Gasteiger partial charge in [0, 0.05) is 17.7 Å². The fraction of sp³-hybridized carbons (Fsp3) is 0.364. The molecule has 0 saturated carbocycles. The molecule has 0 radical (unpaired) electrons. The summed E-state index contributed by atoms with van der Waals surface area (Å²) in [4.78, 5) is 18.4. The minimum atomic E-state index is -0.843. The number of carbonyl (C=O) groups is 1. The van der Waals surface area contributed by atoms with Crippen LogP contribution in [0.15, 0.2) is 47.5 Å². The smallest absolute Gasteiger partial charge is 0.307 e. The molecule has 1 N–H and O–H groups in total. The van der Waals surface area contributed by atoms with Crippen LogP contribution in [0.4, 0.5) is 0 Å². The van der Waals surface area contributed by atoms with Crippen molar-refractivity contribution in [3.8, 4) is 5.75 Å². The van der Waals surface area contributed by atoms with Crippen LogP contribution >= 0.6 is 0 Å². The van der Waals surface area contributed by atoms with E-state index in [2.05, 4.69) is 30.9 Å². The summed E-state index contributed by atoms with van der Waals surface area (Å²) in [5, 5.41) is 9.14. The Balaban J connectivity index is 2.02. The Labute approximate surface area is 160 Å². The van der Waals surface area contributed by atoms with E-state index in [1.165, 1.54) is 0 Å². The van der Waals surface area contributed by atoms with Gasteiger partial charge in [-0.05, 0) is 36.3 Å². The minimum Gasteiger partial charge on any atom is -0.488 e. The van der Waals surface area contributed by atoms with Crippen molar-refractivity contribution in [3.63, 3.8) is 0 Å². The topological polar surface area (TPSA) is 62.1 Å². The first-order chi connectivity index (χ1) is 13.1. The second-order valence-corrected chi connectivity index (χ2v) is 6.60. The van der Waals surface area contributed by atoms with E-state index in [0.29, 0.717) is 13.2 Å². The number of hydrogen-bond donors (Lipinski definition) is 1. The summed E-state index contributed by atoms with van der Waals surface area (Å²) in [6.07, 6.45) is -0.0122. The van der Waals surface area contributed by atoms with Crippen molar-refractivity contribution in [2.45, 2.75) is 26.9 Å². The number of fused-ring (bicyclic) bond motifs is 2. The molecule has 0 spiro atoms. The normalized spacial score (nSPS) is 14.4. The van der Waals surface area contributed by atoms with Crippen LogP contribution in [0.1, 0.15) is 36.1 Å². The maximum atomic E-state index is 11.1. The monoisotopic (exact) mass is 366 g/mol. The van der Waals surface area contributed by atoms with Crippen molar-refractivity contribution in [2.75, 3.05) is 26.2 Å².